The Labute approximate surface area is 154 Å². The minimum absolute atomic E-state index is 0.00530. The molecule has 0 aliphatic heterocycles. The van der Waals surface area contributed by atoms with E-state index < -0.39 is 0 Å². The van der Waals surface area contributed by atoms with Gasteiger partial charge in [0.15, 0.2) is 0 Å². The highest BCUT2D eigenvalue weighted by Gasteiger charge is 2.14. The maximum absolute atomic E-state index is 12.5. The third-order valence-electron chi connectivity index (χ3n) is 3.91. The van der Waals surface area contributed by atoms with Crippen LogP contribution in [0.4, 0.5) is 5.69 Å². The van der Waals surface area contributed by atoms with Gasteiger partial charge in [-0.2, -0.15) is 0 Å². The van der Waals surface area contributed by atoms with Gasteiger partial charge in [0.25, 0.3) is 0 Å². The van der Waals surface area contributed by atoms with Crippen LogP contribution in [0.5, 0.6) is 0 Å². The smallest absolute Gasteiger partial charge is 0.225 e. The standard InChI is InChI=1S/C20H17IN2O/c1-2-14(15-7-4-3-5-8-15)13-19(24)23-18-11-10-17(21)16-9-6-12-22-20(16)18/h2-12,14H,1,13H2,(H,23,24). The molecule has 0 bridgehead atoms. The fourth-order valence-corrected chi connectivity index (χ4v) is 3.29. The molecule has 3 rings (SSSR count). The number of nitrogens with zero attached hydrogens (tertiary/aromatic N) is 1. The van der Waals surface area contributed by atoms with Crippen molar-refractivity contribution in [1.29, 1.82) is 0 Å². The molecule has 0 fully saturated rings. The van der Waals surface area contributed by atoms with Gasteiger partial charge in [-0.3, -0.25) is 9.78 Å². The third kappa shape index (κ3) is 3.64. The molecule has 0 saturated carbocycles. The van der Waals surface area contributed by atoms with Crippen molar-refractivity contribution in [3.8, 4) is 0 Å². The summed E-state index contributed by atoms with van der Waals surface area (Å²) in [5.41, 5.74) is 2.65. The molecular weight excluding hydrogens is 411 g/mol. The van der Waals surface area contributed by atoms with E-state index in [1.807, 2.05) is 60.7 Å². The lowest BCUT2D eigenvalue weighted by Crippen LogP contribution is -2.15. The Hall–Kier alpha value is -2.21. The van der Waals surface area contributed by atoms with E-state index in [-0.39, 0.29) is 11.8 Å². The molecule has 0 aliphatic rings. The molecule has 1 N–H and O–H groups in total. The van der Waals surface area contributed by atoms with Gasteiger partial charge in [-0.1, -0.05) is 42.5 Å². The van der Waals surface area contributed by atoms with E-state index in [0.717, 1.165) is 25.7 Å². The molecule has 1 unspecified atom stereocenters. The molecule has 1 atom stereocenters. The number of hydrogen-bond donors (Lipinski definition) is 1. The summed E-state index contributed by atoms with van der Waals surface area (Å²) >= 11 is 2.28. The molecular formula is C20H17IN2O. The van der Waals surface area contributed by atoms with Gasteiger partial charge in [0.2, 0.25) is 5.91 Å². The number of carbonyl (C=O) groups excluding carboxylic acids is 1. The van der Waals surface area contributed by atoms with Crippen LogP contribution in [0.1, 0.15) is 17.9 Å². The lowest BCUT2D eigenvalue weighted by atomic mass is 9.95. The third-order valence-corrected chi connectivity index (χ3v) is 4.85. The summed E-state index contributed by atoms with van der Waals surface area (Å²) in [5, 5.41) is 4.04. The topological polar surface area (TPSA) is 42.0 Å². The van der Waals surface area contributed by atoms with E-state index in [9.17, 15) is 4.79 Å². The first kappa shape index (κ1) is 16.6. The maximum atomic E-state index is 12.5. The fraction of sp³-hybridized carbons (Fsp3) is 0.100. The number of hydrogen-bond acceptors (Lipinski definition) is 2. The minimum atomic E-state index is -0.0445. The molecule has 3 aromatic rings. The Bertz CT molecular complexity index is 877. The molecule has 0 saturated heterocycles. The summed E-state index contributed by atoms with van der Waals surface area (Å²) in [5.74, 6) is -0.0498. The lowest BCUT2D eigenvalue weighted by molar-refractivity contribution is -0.116. The monoisotopic (exact) mass is 428 g/mol. The zero-order valence-electron chi connectivity index (χ0n) is 13.1. The number of allylic oxidation sites excluding steroid dienone is 1. The highest BCUT2D eigenvalue weighted by Crippen LogP contribution is 2.27. The van der Waals surface area contributed by atoms with E-state index in [1.54, 1.807) is 6.20 Å². The van der Waals surface area contributed by atoms with Gasteiger partial charge in [0, 0.05) is 27.5 Å². The zero-order chi connectivity index (χ0) is 16.9. The zero-order valence-corrected chi connectivity index (χ0v) is 15.2. The predicted molar refractivity (Wildman–Crippen MR) is 107 cm³/mol. The van der Waals surface area contributed by atoms with Crippen LogP contribution in [-0.2, 0) is 4.79 Å². The van der Waals surface area contributed by atoms with E-state index in [1.165, 1.54) is 0 Å². The first-order valence-corrected chi connectivity index (χ1v) is 8.77. The molecule has 1 aromatic heterocycles. The lowest BCUT2D eigenvalue weighted by Gasteiger charge is -2.14. The van der Waals surface area contributed by atoms with Gasteiger partial charge in [-0.15, -0.1) is 6.58 Å². The minimum Gasteiger partial charge on any atom is -0.324 e. The van der Waals surface area contributed by atoms with Crippen molar-refractivity contribution in [2.24, 2.45) is 0 Å². The summed E-state index contributed by atoms with van der Waals surface area (Å²) in [6, 6.07) is 17.7. The molecule has 0 spiro atoms. The first-order chi connectivity index (χ1) is 11.7. The Morgan fingerprint density at radius 2 is 1.96 bits per heavy atom. The van der Waals surface area contributed by atoms with Crippen LogP contribution in [0.25, 0.3) is 10.9 Å². The van der Waals surface area contributed by atoms with Crippen molar-refractivity contribution >= 4 is 45.1 Å². The number of benzene rings is 2. The van der Waals surface area contributed by atoms with E-state index >= 15 is 0 Å². The van der Waals surface area contributed by atoms with Gasteiger partial charge >= 0.3 is 0 Å². The SMILES string of the molecule is C=CC(CC(=O)Nc1ccc(I)c2cccnc12)c1ccccc1. The summed E-state index contributed by atoms with van der Waals surface area (Å²) in [7, 11) is 0. The average Bonchev–Trinajstić information content (AvgIpc) is 2.63. The molecule has 3 nitrogen and oxygen atoms in total. The Kier molecular flexibility index (Phi) is 5.25. The van der Waals surface area contributed by atoms with Crippen LogP contribution in [-0.4, -0.2) is 10.9 Å². The molecule has 24 heavy (non-hydrogen) atoms. The van der Waals surface area contributed by atoms with Crippen LogP contribution in [0.3, 0.4) is 0 Å². The summed E-state index contributed by atoms with van der Waals surface area (Å²) < 4.78 is 1.11. The second-order valence-electron chi connectivity index (χ2n) is 5.50. The van der Waals surface area contributed by atoms with Gasteiger partial charge < -0.3 is 5.32 Å². The molecule has 2 aromatic carbocycles. The molecule has 0 aliphatic carbocycles. The molecule has 4 heteroatoms. The van der Waals surface area contributed by atoms with Crippen molar-refractivity contribution in [3.63, 3.8) is 0 Å². The number of fused-ring (bicyclic) bond motifs is 1. The Morgan fingerprint density at radius 1 is 1.17 bits per heavy atom. The van der Waals surface area contributed by atoms with Crippen molar-refractivity contribution in [2.75, 3.05) is 5.32 Å². The number of amides is 1. The van der Waals surface area contributed by atoms with Gasteiger partial charge in [-0.25, -0.2) is 0 Å². The second-order valence-corrected chi connectivity index (χ2v) is 6.66. The van der Waals surface area contributed by atoms with Gasteiger partial charge in [-0.05, 0) is 46.4 Å². The largest absolute Gasteiger partial charge is 0.324 e. The van der Waals surface area contributed by atoms with E-state index in [2.05, 4.69) is 39.5 Å². The van der Waals surface area contributed by atoms with Crippen molar-refractivity contribution in [2.45, 2.75) is 12.3 Å². The van der Waals surface area contributed by atoms with Crippen LogP contribution in [0.15, 0.2) is 73.4 Å². The summed E-state index contributed by atoms with van der Waals surface area (Å²) in [6.07, 6.45) is 3.91. The fourth-order valence-electron chi connectivity index (χ4n) is 2.68. The van der Waals surface area contributed by atoms with Gasteiger partial charge in [0.1, 0.15) is 0 Å². The highest BCUT2D eigenvalue weighted by molar-refractivity contribution is 14.1. The number of rotatable bonds is 5. The van der Waals surface area contributed by atoms with E-state index in [0.29, 0.717) is 6.42 Å². The molecule has 0 radical (unpaired) electrons. The van der Waals surface area contributed by atoms with Crippen molar-refractivity contribution < 1.29 is 4.79 Å². The molecule has 1 amide bonds. The number of anilines is 1. The van der Waals surface area contributed by atoms with Crippen molar-refractivity contribution in [1.82, 2.24) is 4.98 Å². The number of nitrogens with one attached hydrogen (secondary N) is 1. The summed E-state index contributed by atoms with van der Waals surface area (Å²) in [4.78, 5) is 16.9. The normalized spacial score (nSPS) is 11.9. The van der Waals surface area contributed by atoms with Crippen LogP contribution >= 0.6 is 22.6 Å². The molecule has 120 valence electrons. The first-order valence-electron chi connectivity index (χ1n) is 7.69. The second kappa shape index (κ2) is 7.57. The molecule has 1 heterocycles. The predicted octanol–water partition coefficient (Wildman–Crippen LogP) is 5.14. The number of aromatic nitrogens is 1. The van der Waals surface area contributed by atoms with Gasteiger partial charge in [0.05, 0.1) is 11.2 Å². The highest BCUT2D eigenvalue weighted by atomic mass is 127. The number of pyridine rings is 1. The van der Waals surface area contributed by atoms with Crippen LogP contribution < -0.4 is 5.32 Å². The number of halogens is 1. The number of carbonyl (C=O) groups is 1. The van der Waals surface area contributed by atoms with Crippen LogP contribution in [0, 0.1) is 3.57 Å². The Morgan fingerprint density at radius 3 is 2.71 bits per heavy atom. The van der Waals surface area contributed by atoms with Crippen LogP contribution in [0.2, 0.25) is 0 Å². The van der Waals surface area contributed by atoms with Crippen molar-refractivity contribution in [3.05, 3.63) is 82.6 Å². The van der Waals surface area contributed by atoms with E-state index in [4.69, 9.17) is 0 Å². The Balaban J connectivity index is 1.80. The summed E-state index contributed by atoms with van der Waals surface area (Å²) in [6.45, 7) is 3.87. The quantitative estimate of drug-likeness (QED) is 0.452. The maximum Gasteiger partial charge on any atom is 0.225 e. The average molecular weight is 428 g/mol.